The topological polar surface area (TPSA) is 9.23 Å². The van der Waals surface area contributed by atoms with Crippen LogP contribution in [0.3, 0.4) is 0 Å². The smallest absolute Gasteiger partial charge is 0.128 e. The van der Waals surface area contributed by atoms with E-state index in [0.717, 1.165) is 11.5 Å². The largest absolute Gasteiger partial charge is 0.457 e. The van der Waals surface area contributed by atoms with Crippen LogP contribution >= 0.6 is 11.3 Å². The zero-order valence-electron chi connectivity index (χ0n) is 10.7. The van der Waals surface area contributed by atoms with Crippen LogP contribution in [-0.2, 0) is 0 Å². The Bertz CT molecular complexity index is 878. The Morgan fingerprint density at radius 3 is 2.25 bits per heavy atom. The van der Waals surface area contributed by atoms with Gasteiger partial charge in [0.25, 0.3) is 0 Å². The molecule has 0 saturated heterocycles. The van der Waals surface area contributed by atoms with E-state index in [-0.39, 0.29) is 0 Å². The summed E-state index contributed by atoms with van der Waals surface area (Å²) >= 11 is 1.81. The van der Waals surface area contributed by atoms with Crippen LogP contribution in [0.4, 0.5) is 0 Å². The van der Waals surface area contributed by atoms with Crippen molar-refractivity contribution in [2.24, 2.45) is 0 Å². The molecule has 0 saturated carbocycles. The molecule has 0 aliphatic heterocycles. The number of rotatable bonds is 2. The van der Waals surface area contributed by atoms with E-state index in [1.807, 2.05) is 36.4 Å². The second-order valence-electron chi connectivity index (χ2n) is 4.67. The van der Waals surface area contributed by atoms with Crippen molar-refractivity contribution in [3.05, 3.63) is 72.8 Å². The minimum atomic E-state index is 0.868. The maximum Gasteiger partial charge on any atom is 0.128 e. The Kier molecular flexibility index (Phi) is 2.68. The van der Waals surface area contributed by atoms with Crippen molar-refractivity contribution in [3.63, 3.8) is 0 Å². The first-order valence-corrected chi connectivity index (χ1v) is 7.36. The molecule has 0 N–H and O–H groups in total. The van der Waals surface area contributed by atoms with Crippen LogP contribution in [0.2, 0.25) is 0 Å². The third kappa shape index (κ3) is 1.95. The van der Waals surface area contributed by atoms with Gasteiger partial charge >= 0.3 is 0 Å². The summed E-state index contributed by atoms with van der Waals surface area (Å²) in [7, 11) is 0. The zero-order chi connectivity index (χ0) is 13.4. The second kappa shape index (κ2) is 4.66. The van der Waals surface area contributed by atoms with Gasteiger partial charge in [-0.3, -0.25) is 0 Å². The predicted molar refractivity (Wildman–Crippen MR) is 85.8 cm³/mol. The number of fused-ring (bicyclic) bond motifs is 3. The summed E-state index contributed by atoms with van der Waals surface area (Å²) in [5.74, 6) is 1.75. The molecular weight excluding hydrogens is 264 g/mol. The lowest BCUT2D eigenvalue weighted by Crippen LogP contribution is -1.82. The average Bonchev–Trinajstić information content (AvgIpc) is 2.86. The average molecular weight is 276 g/mol. The van der Waals surface area contributed by atoms with Crippen LogP contribution in [0.5, 0.6) is 11.5 Å². The fourth-order valence-corrected chi connectivity index (χ4v) is 3.53. The van der Waals surface area contributed by atoms with Crippen LogP contribution in [-0.4, -0.2) is 0 Å². The van der Waals surface area contributed by atoms with E-state index in [2.05, 4.69) is 36.4 Å². The van der Waals surface area contributed by atoms with Crippen molar-refractivity contribution in [3.8, 4) is 11.5 Å². The van der Waals surface area contributed by atoms with E-state index in [0.29, 0.717) is 0 Å². The molecule has 1 aromatic heterocycles. The molecule has 0 bridgehead atoms. The third-order valence-corrected chi connectivity index (χ3v) is 4.46. The summed E-state index contributed by atoms with van der Waals surface area (Å²) in [6, 6.07) is 24.7. The maximum atomic E-state index is 5.89. The van der Waals surface area contributed by atoms with E-state index < -0.39 is 0 Å². The SMILES string of the molecule is c1ccc(Oc2ccc3c(c2)sc2ccccc23)cc1. The van der Waals surface area contributed by atoms with Gasteiger partial charge in [-0.05, 0) is 36.4 Å². The summed E-state index contributed by atoms with van der Waals surface area (Å²) in [5.41, 5.74) is 0. The molecule has 1 heterocycles. The highest BCUT2D eigenvalue weighted by atomic mass is 32.1. The van der Waals surface area contributed by atoms with Gasteiger partial charge in [-0.15, -0.1) is 11.3 Å². The standard InChI is InChI=1S/C18H12OS/c1-2-6-13(7-3-1)19-14-10-11-16-15-8-4-5-9-17(15)20-18(16)12-14/h1-12H. The molecular formula is C18H12OS. The van der Waals surface area contributed by atoms with Gasteiger partial charge < -0.3 is 4.74 Å². The Labute approximate surface area is 121 Å². The molecule has 4 rings (SSSR count). The lowest BCUT2D eigenvalue weighted by Gasteiger charge is -2.05. The molecule has 0 unspecified atom stereocenters. The van der Waals surface area contributed by atoms with Crippen molar-refractivity contribution in [2.75, 3.05) is 0 Å². The van der Waals surface area contributed by atoms with Crippen molar-refractivity contribution in [1.82, 2.24) is 0 Å². The summed E-state index contributed by atoms with van der Waals surface area (Å²) in [5, 5.41) is 2.62. The van der Waals surface area contributed by atoms with E-state index in [4.69, 9.17) is 4.74 Å². The van der Waals surface area contributed by atoms with Gasteiger partial charge in [0.15, 0.2) is 0 Å². The fraction of sp³-hybridized carbons (Fsp3) is 0. The normalized spacial score (nSPS) is 11.0. The van der Waals surface area contributed by atoms with Gasteiger partial charge in [0.05, 0.1) is 0 Å². The summed E-state index contributed by atoms with van der Waals surface area (Å²) in [6.45, 7) is 0. The second-order valence-corrected chi connectivity index (χ2v) is 5.76. The van der Waals surface area contributed by atoms with E-state index in [1.54, 1.807) is 11.3 Å². The van der Waals surface area contributed by atoms with Gasteiger partial charge in [-0.2, -0.15) is 0 Å². The number of hydrogen-bond donors (Lipinski definition) is 0. The van der Waals surface area contributed by atoms with Crippen molar-refractivity contribution < 1.29 is 4.74 Å². The number of thiophene rings is 1. The van der Waals surface area contributed by atoms with Crippen molar-refractivity contribution >= 4 is 31.5 Å². The molecule has 0 aliphatic carbocycles. The minimum absolute atomic E-state index is 0.868. The number of hydrogen-bond acceptors (Lipinski definition) is 2. The highest BCUT2D eigenvalue weighted by molar-refractivity contribution is 7.25. The number of para-hydroxylation sites is 1. The quantitative estimate of drug-likeness (QED) is 0.446. The molecule has 20 heavy (non-hydrogen) atoms. The molecule has 96 valence electrons. The summed E-state index contributed by atoms with van der Waals surface area (Å²) < 4.78 is 8.47. The van der Waals surface area contributed by atoms with E-state index in [9.17, 15) is 0 Å². The molecule has 0 radical (unpaired) electrons. The molecule has 0 spiro atoms. The fourth-order valence-electron chi connectivity index (χ4n) is 2.39. The van der Waals surface area contributed by atoms with E-state index >= 15 is 0 Å². The summed E-state index contributed by atoms with van der Waals surface area (Å²) in [6.07, 6.45) is 0. The molecule has 0 atom stereocenters. The maximum absolute atomic E-state index is 5.89. The van der Waals surface area contributed by atoms with Crippen LogP contribution in [0.15, 0.2) is 72.8 Å². The van der Waals surface area contributed by atoms with Crippen LogP contribution in [0, 0.1) is 0 Å². The van der Waals surface area contributed by atoms with Gasteiger partial charge in [-0.1, -0.05) is 36.4 Å². The van der Waals surface area contributed by atoms with Crippen molar-refractivity contribution in [2.45, 2.75) is 0 Å². The monoisotopic (exact) mass is 276 g/mol. The van der Waals surface area contributed by atoms with Crippen LogP contribution in [0.1, 0.15) is 0 Å². The number of ether oxygens (including phenoxy) is 1. The molecule has 0 fully saturated rings. The van der Waals surface area contributed by atoms with Crippen LogP contribution < -0.4 is 4.74 Å². The molecule has 3 aromatic carbocycles. The lowest BCUT2D eigenvalue weighted by molar-refractivity contribution is 0.483. The molecule has 0 amide bonds. The predicted octanol–water partition coefficient (Wildman–Crippen LogP) is 5.85. The van der Waals surface area contributed by atoms with E-state index in [1.165, 1.54) is 20.2 Å². The minimum Gasteiger partial charge on any atom is -0.457 e. The van der Waals surface area contributed by atoms with Gasteiger partial charge in [0, 0.05) is 20.2 Å². The third-order valence-electron chi connectivity index (χ3n) is 3.33. The van der Waals surface area contributed by atoms with Gasteiger partial charge in [-0.25, -0.2) is 0 Å². The molecule has 4 aromatic rings. The highest BCUT2D eigenvalue weighted by Gasteiger charge is 2.05. The first-order chi connectivity index (χ1) is 9.90. The first kappa shape index (κ1) is 11.5. The Morgan fingerprint density at radius 1 is 0.600 bits per heavy atom. The Morgan fingerprint density at radius 2 is 1.35 bits per heavy atom. The van der Waals surface area contributed by atoms with Crippen molar-refractivity contribution in [1.29, 1.82) is 0 Å². The summed E-state index contributed by atoms with van der Waals surface area (Å²) in [4.78, 5) is 0. The van der Waals surface area contributed by atoms with Gasteiger partial charge in [0.2, 0.25) is 0 Å². The first-order valence-electron chi connectivity index (χ1n) is 6.54. The Hall–Kier alpha value is -2.32. The number of benzene rings is 3. The molecule has 0 aliphatic rings. The van der Waals surface area contributed by atoms with Crippen LogP contribution in [0.25, 0.3) is 20.2 Å². The lowest BCUT2D eigenvalue weighted by atomic mass is 10.1. The van der Waals surface area contributed by atoms with Gasteiger partial charge in [0.1, 0.15) is 11.5 Å². The highest BCUT2D eigenvalue weighted by Crippen LogP contribution is 2.36. The Balaban J connectivity index is 1.81. The molecule has 1 nitrogen and oxygen atoms in total. The molecule has 2 heteroatoms. The zero-order valence-corrected chi connectivity index (χ0v) is 11.6.